The molecule has 0 amide bonds. The molecule has 0 radical (unpaired) electrons. The lowest BCUT2D eigenvalue weighted by molar-refractivity contribution is 0.0974. The van der Waals surface area contributed by atoms with Crippen molar-refractivity contribution in [2.24, 2.45) is 0 Å². The van der Waals surface area contributed by atoms with Gasteiger partial charge < -0.3 is 18.9 Å². The highest BCUT2D eigenvalue weighted by Gasteiger charge is 2.21. The molecule has 0 bridgehead atoms. The van der Waals surface area contributed by atoms with Crippen molar-refractivity contribution < 1.29 is 18.9 Å². The molecule has 1 fully saturated rings. The predicted molar refractivity (Wildman–Crippen MR) is 66.3 cm³/mol. The maximum Gasteiger partial charge on any atom is 0.104 e. The Morgan fingerprint density at radius 1 is 0.882 bits per heavy atom. The van der Waals surface area contributed by atoms with E-state index in [1.54, 1.807) is 7.11 Å². The summed E-state index contributed by atoms with van der Waals surface area (Å²) in [4.78, 5) is 0. The zero-order valence-electron chi connectivity index (χ0n) is 11.0. The molecule has 17 heavy (non-hydrogen) atoms. The molecular weight excluding hydrogens is 220 g/mol. The minimum absolute atomic E-state index is 0.399. The summed E-state index contributed by atoms with van der Waals surface area (Å²) < 4.78 is 20.9. The third kappa shape index (κ3) is 10.7. The lowest BCUT2D eigenvalue weighted by Gasteiger charge is -2.04. The lowest BCUT2D eigenvalue weighted by Crippen LogP contribution is -2.03. The van der Waals surface area contributed by atoms with Gasteiger partial charge in [0.25, 0.3) is 0 Å². The standard InChI is InChI=1S/C13H26O4/c1-14-7-6-10-15-8-4-2-3-5-9-16-11-13-12-17-13/h13H,2-12H2,1H3. The predicted octanol–water partition coefficient (Wildman–Crippen LogP) is 2.02. The van der Waals surface area contributed by atoms with Crippen molar-refractivity contribution in [3.63, 3.8) is 0 Å². The van der Waals surface area contributed by atoms with Crippen LogP contribution in [0.2, 0.25) is 0 Å². The SMILES string of the molecule is COCCCOCCCCCCOCC1CO1. The summed E-state index contributed by atoms with van der Waals surface area (Å²) in [6, 6.07) is 0. The maximum absolute atomic E-state index is 5.48. The van der Waals surface area contributed by atoms with E-state index in [0.717, 1.165) is 58.9 Å². The number of methoxy groups -OCH3 is 1. The molecule has 1 heterocycles. The van der Waals surface area contributed by atoms with Crippen LogP contribution in [-0.4, -0.2) is 52.9 Å². The molecule has 4 heteroatoms. The quantitative estimate of drug-likeness (QED) is 0.368. The van der Waals surface area contributed by atoms with Crippen LogP contribution < -0.4 is 0 Å². The van der Waals surface area contributed by atoms with E-state index in [4.69, 9.17) is 18.9 Å². The van der Waals surface area contributed by atoms with Crippen molar-refractivity contribution >= 4 is 0 Å². The summed E-state index contributed by atoms with van der Waals surface area (Å²) in [6.07, 6.45) is 6.15. The zero-order chi connectivity index (χ0) is 12.2. The van der Waals surface area contributed by atoms with Gasteiger partial charge in [0.1, 0.15) is 6.10 Å². The van der Waals surface area contributed by atoms with Crippen LogP contribution in [0.15, 0.2) is 0 Å². The molecule has 4 nitrogen and oxygen atoms in total. The van der Waals surface area contributed by atoms with Crippen LogP contribution in [0.5, 0.6) is 0 Å². The number of ether oxygens (including phenoxy) is 4. The molecule has 0 aromatic carbocycles. The topological polar surface area (TPSA) is 40.2 Å². The molecular formula is C13H26O4. The van der Waals surface area contributed by atoms with Crippen molar-refractivity contribution in [2.45, 2.75) is 38.2 Å². The summed E-state index contributed by atoms with van der Waals surface area (Å²) in [5, 5.41) is 0. The average Bonchev–Trinajstić information content (AvgIpc) is 3.15. The highest BCUT2D eigenvalue weighted by molar-refractivity contribution is 4.66. The molecule has 1 aliphatic rings. The number of rotatable bonds is 13. The summed E-state index contributed by atoms with van der Waals surface area (Å²) in [6.45, 7) is 5.03. The molecule has 102 valence electrons. The minimum Gasteiger partial charge on any atom is -0.385 e. The second-order valence-electron chi connectivity index (χ2n) is 4.40. The molecule has 1 saturated heterocycles. The van der Waals surface area contributed by atoms with Gasteiger partial charge in [-0.05, 0) is 19.3 Å². The Morgan fingerprint density at radius 2 is 1.53 bits per heavy atom. The highest BCUT2D eigenvalue weighted by atomic mass is 16.6. The van der Waals surface area contributed by atoms with E-state index >= 15 is 0 Å². The van der Waals surface area contributed by atoms with E-state index in [1.165, 1.54) is 12.8 Å². The Hall–Kier alpha value is -0.160. The first kappa shape index (κ1) is 14.9. The minimum atomic E-state index is 0.399. The average molecular weight is 246 g/mol. The fourth-order valence-corrected chi connectivity index (χ4v) is 1.55. The first-order valence-electron chi connectivity index (χ1n) is 6.69. The largest absolute Gasteiger partial charge is 0.385 e. The van der Waals surface area contributed by atoms with Gasteiger partial charge in [0, 0.05) is 33.5 Å². The molecule has 1 rings (SSSR count). The molecule has 0 saturated carbocycles. The summed E-state index contributed by atoms with van der Waals surface area (Å²) in [5.41, 5.74) is 0. The lowest BCUT2D eigenvalue weighted by atomic mass is 10.2. The van der Waals surface area contributed by atoms with Crippen LogP contribution in [0.1, 0.15) is 32.1 Å². The van der Waals surface area contributed by atoms with Crippen LogP contribution in [0.25, 0.3) is 0 Å². The zero-order valence-corrected chi connectivity index (χ0v) is 11.0. The van der Waals surface area contributed by atoms with Crippen LogP contribution in [0, 0.1) is 0 Å². The van der Waals surface area contributed by atoms with Gasteiger partial charge in [-0.15, -0.1) is 0 Å². The first-order chi connectivity index (χ1) is 8.43. The van der Waals surface area contributed by atoms with Gasteiger partial charge in [-0.2, -0.15) is 0 Å². The maximum atomic E-state index is 5.48. The second kappa shape index (κ2) is 11.0. The summed E-state index contributed by atoms with van der Waals surface area (Å²) in [7, 11) is 1.72. The van der Waals surface area contributed by atoms with Gasteiger partial charge in [-0.3, -0.25) is 0 Å². The Labute approximate surface area is 105 Å². The fourth-order valence-electron chi connectivity index (χ4n) is 1.55. The highest BCUT2D eigenvalue weighted by Crippen LogP contribution is 2.09. The van der Waals surface area contributed by atoms with E-state index in [1.807, 2.05) is 0 Å². The van der Waals surface area contributed by atoms with Crippen LogP contribution in [0.4, 0.5) is 0 Å². The van der Waals surface area contributed by atoms with Crippen LogP contribution in [0.3, 0.4) is 0 Å². The Balaban J connectivity index is 1.61. The molecule has 0 aromatic heterocycles. The van der Waals surface area contributed by atoms with E-state index in [9.17, 15) is 0 Å². The third-order valence-electron chi connectivity index (χ3n) is 2.67. The second-order valence-corrected chi connectivity index (χ2v) is 4.40. The third-order valence-corrected chi connectivity index (χ3v) is 2.67. The van der Waals surface area contributed by atoms with E-state index in [0.29, 0.717) is 6.10 Å². The van der Waals surface area contributed by atoms with Crippen molar-refractivity contribution in [2.75, 3.05) is 46.8 Å². The van der Waals surface area contributed by atoms with Gasteiger partial charge >= 0.3 is 0 Å². The first-order valence-corrected chi connectivity index (χ1v) is 6.69. The number of hydrogen-bond acceptors (Lipinski definition) is 4. The van der Waals surface area contributed by atoms with Crippen molar-refractivity contribution in [3.8, 4) is 0 Å². The Kier molecular flexibility index (Phi) is 9.61. The van der Waals surface area contributed by atoms with Crippen molar-refractivity contribution in [1.29, 1.82) is 0 Å². The van der Waals surface area contributed by atoms with Gasteiger partial charge in [0.2, 0.25) is 0 Å². The van der Waals surface area contributed by atoms with E-state index in [2.05, 4.69) is 0 Å². The Morgan fingerprint density at radius 3 is 2.18 bits per heavy atom. The molecule has 0 aliphatic carbocycles. The Bertz CT molecular complexity index is 159. The molecule has 1 atom stereocenters. The van der Waals surface area contributed by atoms with Crippen LogP contribution in [-0.2, 0) is 18.9 Å². The van der Waals surface area contributed by atoms with Gasteiger partial charge in [0.15, 0.2) is 0 Å². The van der Waals surface area contributed by atoms with Crippen molar-refractivity contribution in [3.05, 3.63) is 0 Å². The summed E-state index contributed by atoms with van der Waals surface area (Å²) in [5.74, 6) is 0. The van der Waals surface area contributed by atoms with Gasteiger partial charge in [0.05, 0.1) is 13.2 Å². The van der Waals surface area contributed by atoms with Crippen LogP contribution >= 0.6 is 0 Å². The van der Waals surface area contributed by atoms with Crippen molar-refractivity contribution in [1.82, 2.24) is 0 Å². The van der Waals surface area contributed by atoms with E-state index < -0.39 is 0 Å². The normalized spacial score (nSPS) is 18.5. The van der Waals surface area contributed by atoms with Gasteiger partial charge in [-0.25, -0.2) is 0 Å². The molecule has 1 unspecified atom stereocenters. The summed E-state index contributed by atoms with van der Waals surface area (Å²) >= 11 is 0. The molecule has 0 spiro atoms. The fraction of sp³-hybridized carbons (Fsp3) is 1.00. The number of unbranched alkanes of at least 4 members (excludes halogenated alkanes) is 3. The smallest absolute Gasteiger partial charge is 0.104 e. The van der Waals surface area contributed by atoms with E-state index in [-0.39, 0.29) is 0 Å². The number of hydrogen-bond donors (Lipinski definition) is 0. The molecule has 1 aliphatic heterocycles. The monoisotopic (exact) mass is 246 g/mol. The molecule has 0 aromatic rings. The number of epoxide rings is 1. The molecule has 0 N–H and O–H groups in total. The van der Waals surface area contributed by atoms with Gasteiger partial charge in [-0.1, -0.05) is 12.8 Å².